The molecule has 1 aromatic rings. The van der Waals surface area contributed by atoms with Gasteiger partial charge in [-0.3, -0.25) is 29.4 Å². The summed E-state index contributed by atoms with van der Waals surface area (Å²) in [6.45, 7) is 5.61. The zero-order valence-electron chi connectivity index (χ0n) is 16.0. The lowest BCUT2D eigenvalue weighted by Gasteiger charge is -2.27. The van der Waals surface area contributed by atoms with E-state index in [-0.39, 0.29) is 30.3 Å². The maximum absolute atomic E-state index is 13.1. The van der Waals surface area contributed by atoms with Crippen molar-refractivity contribution in [3.8, 4) is 0 Å². The molecule has 8 heteroatoms. The minimum Gasteiger partial charge on any atom is -0.310 e. The number of hydrogen-bond donors (Lipinski definition) is 3. The van der Waals surface area contributed by atoms with E-state index in [4.69, 9.17) is 0 Å². The molecule has 0 aromatic heterocycles. The van der Waals surface area contributed by atoms with E-state index in [0.717, 1.165) is 23.4 Å². The van der Waals surface area contributed by atoms with Crippen molar-refractivity contribution in [1.29, 1.82) is 0 Å². The van der Waals surface area contributed by atoms with E-state index in [2.05, 4.69) is 29.8 Å². The monoisotopic (exact) mass is 384 g/mol. The molecule has 2 unspecified atom stereocenters. The minimum atomic E-state index is -0.939. The third-order valence-corrected chi connectivity index (χ3v) is 5.72. The van der Waals surface area contributed by atoms with Gasteiger partial charge < -0.3 is 10.6 Å². The lowest BCUT2D eigenvalue weighted by atomic mass is 10.00. The van der Waals surface area contributed by atoms with Gasteiger partial charge in [0, 0.05) is 31.1 Å². The van der Waals surface area contributed by atoms with Crippen LogP contribution >= 0.6 is 0 Å². The van der Waals surface area contributed by atoms with Crippen LogP contribution in [-0.2, 0) is 16.1 Å². The van der Waals surface area contributed by atoms with E-state index >= 15 is 0 Å². The molecule has 0 saturated carbocycles. The zero-order chi connectivity index (χ0) is 20.1. The molecular formula is C20H24N4O4. The van der Waals surface area contributed by atoms with Crippen molar-refractivity contribution in [2.24, 2.45) is 0 Å². The molecule has 4 amide bonds. The molecule has 3 aliphatic rings. The minimum absolute atomic E-state index is 0.0741. The Morgan fingerprint density at radius 2 is 1.96 bits per heavy atom. The van der Waals surface area contributed by atoms with Gasteiger partial charge in [0.25, 0.3) is 11.8 Å². The van der Waals surface area contributed by atoms with E-state index in [1.807, 2.05) is 6.07 Å². The summed E-state index contributed by atoms with van der Waals surface area (Å²) in [5.41, 5.74) is 1.49. The van der Waals surface area contributed by atoms with Gasteiger partial charge in [-0.25, -0.2) is 0 Å². The Kier molecular flexibility index (Phi) is 4.55. The maximum Gasteiger partial charge on any atom is 0.262 e. The quantitative estimate of drug-likeness (QED) is 0.646. The molecule has 8 nitrogen and oxygen atoms in total. The smallest absolute Gasteiger partial charge is 0.262 e. The fourth-order valence-corrected chi connectivity index (χ4v) is 4.29. The zero-order valence-corrected chi connectivity index (χ0v) is 16.0. The van der Waals surface area contributed by atoms with Crippen LogP contribution in [0, 0.1) is 0 Å². The third kappa shape index (κ3) is 3.22. The molecule has 2 atom stereocenters. The fraction of sp³-hybridized carbons (Fsp3) is 0.500. The lowest BCUT2D eigenvalue weighted by Crippen LogP contribution is -2.54. The van der Waals surface area contributed by atoms with Crippen LogP contribution in [0.3, 0.4) is 0 Å². The van der Waals surface area contributed by atoms with Gasteiger partial charge in [-0.15, -0.1) is 0 Å². The van der Waals surface area contributed by atoms with Crippen LogP contribution < -0.4 is 16.0 Å². The van der Waals surface area contributed by atoms with Gasteiger partial charge in [-0.1, -0.05) is 12.1 Å². The molecule has 3 heterocycles. The molecule has 148 valence electrons. The van der Waals surface area contributed by atoms with Crippen LogP contribution in [0.15, 0.2) is 18.2 Å². The highest BCUT2D eigenvalue weighted by Gasteiger charge is 2.45. The summed E-state index contributed by atoms with van der Waals surface area (Å²) in [4.78, 5) is 50.5. The van der Waals surface area contributed by atoms with E-state index in [9.17, 15) is 19.2 Å². The highest BCUT2D eigenvalue weighted by atomic mass is 16.2. The highest BCUT2D eigenvalue weighted by Crippen LogP contribution is 2.30. The van der Waals surface area contributed by atoms with Gasteiger partial charge in [0.05, 0.1) is 11.1 Å². The molecule has 3 aliphatic heterocycles. The average molecular weight is 384 g/mol. The van der Waals surface area contributed by atoms with Crippen LogP contribution in [0.25, 0.3) is 0 Å². The number of imide groups is 2. The maximum atomic E-state index is 13.1. The van der Waals surface area contributed by atoms with Gasteiger partial charge in [-0.05, 0) is 38.3 Å². The summed E-state index contributed by atoms with van der Waals surface area (Å²) in [6, 6.07) is 4.55. The first kappa shape index (κ1) is 18.8. The summed E-state index contributed by atoms with van der Waals surface area (Å²) in [5, 5.41) is 9.12. The van der Waals surface area contributed by atoms with E-state index in [0.29, 0.717) is 17.7 Å². The first-order chi connectivity index (χ1) is 13.3. The molecule has 0 radical (unpaired) electrons. The second-order valence-corrected chi connectivity index (χ2v) is 8.33. The van der Waals surface area contributed by atoms with E-state index in [1.165, 1.54) is 0 Å². The summed E-state index contributed by atoms with van der Waals surface area (Å²) >= 11 is 0. The number of rotatable bonds is 4. The van der Waals surface area contributed by atoms with Crippen molar-refractivity contribution < 1.29 is 19.2 Å². The molecule has 2 fully saturated rings. The largest absolute Gasteiger partial charge is 0.310 e. The first-order valence-electron chi connectivity index (χ1n) is 9.59. The van der Waals surface area contributed by atoms with Crippen LogP contribution in [0.5, 0.6) is 0 Å². The predicted molar refractivity (Wildman–Crippen MR) is 100 cm³/mol. The second-order valence-electron chi connectivity index (χ2n) is 8.33. The van der Waals surface area contributed by atoms with Crippen molar-refractivity contribution in [3.63, 3.8) is 0 Å². The summed E-state index contributed by atoms with van der Waals surface area (Å²) in [7, 11) is 0. The topological polar surface area (TPSA) is 108 Å². The molecule has 28 heavy (non-hydrogen) atoms. The molecular weight excluding hydrogens is 360 g/mol. The summed E-state index contributed by atoms with van der Waals surface area (Å²) < 4.78 is 0. The van der Waals surface area contributed by atoms with Crippen LogP contribution in [0.1, 0.15) is 59.4 Å². The molecule has 0 spiro atoms. The lowest BCUT2D eigenvalue weighted by molar-refractivity contribution is -0.136. The van der Waals surface area contributed by atoms with Crippen molar-refractivity contribution in [2.45, 2.75) is 57.3 Å². The Morgan fingerprint density at radius 1 is 1.18 bits per heavy atom. The standard InChI is InChI=1S/C20H24N4O4/c1-20(2)8-12(10-22-20)21-9-11-4-3-5-13-16(11)19(28)24(18(13)27)14-6-7-15(25)23-17(14)26/h3-5,12,14,21-22H,6-10H2,1-2H3,(H,23,25,26). The van der Waals surface area contributed by atoms with Crippen LogP contribution in [0.4, 0.5) is 0 Å². The molecule has 1 aromatic carbocycles. The number of nitrogens with zero attached hydrogens (tertiary/aromatic N) is 1. The average Bonchev–Trinajstić information content (AvgIpc) is 3.11. The molecule has 3 N–H and O–H groups in total. The highest BCUT2D eigenvalue weighted by molar-refractivity contribution is 6.24. The van der Waals surface area contributed by atoms with Crippen molar-refractivity contribution >= 4 is 23.6 Å². The van der Waals surface area contributed by atoms with E-state index in [1.54, 1.807) is 12.1 Å². The summed E-state index contributed by atoms with van der Waals surface area (Å²) in [5.74, 6) is -1.91. The Morgan fingerprint density at radius 3 is 2.64 bits per heavy atom. The number of benzene rings is 1. The number of amides is 4. The van der Waals surface area contributed by atoms with Gasteiger partial charge in [0.15, 0.2) is 0 Å². The van der Waals surface area contributed by atoms with Crippen molar-refractivity contribution in [3.05, 3.63) is 34.9 Å². The molecule has 0 bridgehead atoms. The molecule has 4 rings (SSSR count). The normalized spacial score (nSPS) is 26.6. The Hall–Kier alpha value is -2.58. The van der Waals surface area contributed by atoms with E-state index < -0.39 is 23.8 Å². The molecule has 2 saturated heterocycles. The number of carbonyl (C=O) groups is 4. The summed E-state index contributed by atoms with van der Waals surface area (Å²) in [6.07, 6.45) is 1.24. The SMILES string of the molecule is CC1(C)CC(NCc2cccc3c2C(=O)N(C2CCC(=O)NC2=O)C3=O)CN1. The predicted octanol–water partition coefficient (Wildman–Crippen LogP) is 0.318. The first-order valence-corrected chi connectivity index (χ1v) is 9.59. The Bertz CT molecular complexity index is 879. The molecule has 0 aliphatic carbocycles. The van der Waals surface area contributed by atoms with Crippen molar-refractivity contribution in [1.82, 2.24) is 20.9 Å². The van der Waals surface area contributed by atoms with Crippen LogP contribution in [-0.4, -0.2) is 52.7 Å². The van der Waals surface area contributed by atoms with Gasteiger partial charge >= 0.3 is 0 Å². The number of nitrogens with one attached hydrogen (secondary N) is 3. The number of piperidine rings is 1. The number of carbonyl (C=O) groups excluding carboxylic acids is 4. The third-order valence-electron chi connectivity index (χ3n) is 5.72. The van der Waals surface area contributed by atoms with Crippen molar-refractivity contribution in [2.75, 3.05) is 6.54 Å². The van der Waals surface area contributed by atoms with Gasteiger partial charge in [0.1, 0.15) is 6.04 Å². The Labute approximate surface area is 163 Å². The van der Waals surface area contributed by atoms with Crippen LogP contribution in [0.2, 0.25) is 0 Å². The van der Waals surface area contributed by atoms with Gasteiger partial charge in [-0.2, -0.15) is 0 Å². The second kappa shape index (κ2) is 6.79. The fourth-order valence-electron chi connectivity index (χ4n) is 4.29. The Balaban J connectivity index is 1.54. The number of fused-ring (bicyclic) bond motifs is 1. The van der Waals surface area contributed by atoms with Gasteiger partial charge in [0.2, 0.25) is 11.8 Å². The number of hydrogen-bond acceptors (Lipinski definition) is 6.